The second kappa shape index (κ2) is 4.55. The van der Waals surface area contributed by atoms with Crippen LogP contribution in [0, 0.1) is 0 Å². The van der Waals surface area contributed by atoms with Crippen LogP contribution in [0.2, 0.25) is 0 Å². The molecular weight excluding hydrogens is 249 g/mol. The third-order valence-electron chi connectivity index (χ3n) is 3.03. The van der Waals surface area contributed by atoms with Crippen LogP contribution in [0.1, 0.15) is 53.5 Å². The fourth-order valence-electron chi connectivity index (χ4n) is 2.15. The Bertz CT molecular complexity index is 468. The van der Waals surface area contributed by atoms with Gasteiger partial charge >= 0.3 is 12.1 Å². The van der Waals surface area contributed by atoms with Gasteiger partial charge in [-0.05, 0) is 12.8 Å². The number of aromatic carboxylic acids is 1. The van der Waals surface area contributed by atoms with Crippen LogP contribution in [0.25, 0.3) is 0 Å². The van der Waals surface area contributed by atoms with E-state index in [1.807, 2.05) is 0 Å². The Morgan fingerprint density at radius 1 is 1.33 bits per heavy atom. The van der Waals surface area contributed by atoms with E-state index in [0.717, 1.165) is 31.9 Å². The number of carboxylic acids is 1. The molecule has 0 bridgehead atoms. The molecule has 0 amide bonds. The Hall–Kier alpha value is -1.66. The molecule has 4 nitrogen and oxygen atoms in total. The van der Waals surface area contributed by atoms with Gasteiger partial charge in [-0.3, -0.25) is 0 Å². The van der Waals surface area contributed by atoms with Gasteiger partial charge in [-0.1, -0.05) is 12.8 Å². The summed E-state index contributed by atoms with van der Waals surface area (Å²) in [4.78, 5) is 17.9. The summed E-state index contributed by atoms with van der Waals surface area (Å²) in [6, 6.07) is 0. The maximum absolute atomic E-state index is 12.7. The zero-order chi connectivity index (χ0) is 13.3. The molecule has 0 atom stereocenters. The van der Waals surface area contributed by atoms with Gasteiger partial charge in [0.2, 0.25) is 0 Å². The Labute approximate surface area is 101 Å². The minimum Gasteiger partial charge on any atom is -0.478 e. The van der Waals surface area contributed by atoms with Crippen molar-refractivity contribution in [3.8, 4) is 0 Å². The maximum Gasteiger partial charge on any atom is 0.434 e. The van der Waals surface area contributed by atoms with Crippen LogP contribution in [-0.2, 0) is 6.18 Å². The summed E-state index contributed by atoms with van der Waals surface area (Å²) >= 11 is 0. The summed E-state index contributed by atoms with van der Waals surface area (Å²) in [5.41, 5.74) is -2.25. The minimum atomic E-state index is -4.77. The lowest BCUT2D eigenvalue weighted by atomic mass is 10.1. The lowest BCUT2D eigenvalue weighted by Gasteiger charge is -2.13. The third kappa shape index (κ3) is 2.44. The highest BCUT2D eigenvalue weighted by Crippen LogP contribution is 2.35. The van der Waals surface area contributed by atoms with E-state index in [4.69, 9.17) is 5.11 Å². The Kier molecular flexibility index (Phi) is 3.23. The molecule has 1 aliphatic carbocycles. The normalized spacial score (nSPS) is 17.1. The van der Waals surface area contributed by atoms with E-state index < -0.39 is 23.4 Å². The number of carbonyl (C=O) groups is 1. The van der Waals surface area contributed by atoms with Crippen molar-refractivity contribution in [2.24, 2.45) is 0 Å². The fourth-order valence-corrected chi connectivity index (χ4v) is 2.15. The molecule has 18 heavy (non-hydrogen) atoms. The monoisotopic (exact) mass is 260 g/mol. The van der Waals surface area contributed by atoms with Crippen molar-refractivity contribution in [3.63, 3.8) is 0 Å². The number of hydrogen-bond acceptors (Lipinski definition) is 3. The summed E-state index contributed by atoms with van der Waals surface area (Å²) < 4.78 is 38.2. The molecule has 0 radical (unpaired) electrons. The second-order valence-corrected chi connectivity index (χ2v) is 4.27. The van der Waals surface area contributed by atoms with Gasteiger partial charge in [0.1, 0.15) is 11.4 Å². The number of hydrogen-bond donors (Lipinski definition) is 1. The quantitative estimate of drug-likeness (QED) is 0.888. The molecule has 7 heteroatoms. The van der Waals surface area contributed by atoms with E-state index in [2.05, 4.69) is 9.97 Å². The van der Waals surface area contributed by atoms with Crippen molar-refractivity contribution in [1.82, 2.24) is 9.97 Å². The van der Waals surface area contributed by atoms with E-state index in [0.29, 0.717) is 0 Å². The maximum atomic E-state index is 12.7. The summed E-state index contributed by atoms with van der Waals surface area (Å²) in [6.07, 6.45) is -0.630. The van der Waals surface area contributed by atoms with Crippen molar-refractivity contribution in [2.45, 2.75) is 37.8 Å². The molecule has 0 spiro atoms. The molecule has 1 N–H and O–H groups in total. The van der Waals surface area contributed by atoms with Gasteiger partial charge in [0.05, 0.1) is 0 Å². The molecule has 0 saturated heterocycles. The van der Waals surface area contributed by atoms with E-state index in [1.165, 1.54) is 0 Å². The Morgan fingerprint density at radius 2 is 1.94 bits per heavy atom. The standard InChI is InChI=1S/C11H11F3N2O2/c12-11(13,14)8-7(10(17)18)5-15-9(16-8)6-3-1-2-4-6/h5-6H,1-4H2,(H,17,18). The van der Waals surface area contributed by atoms with Crippen LogP contribution < -0.4 is 0 Å². The van der Waals surface area contributed by atoms with Gasteiger partial charge in [-0.15, -0.1) is 0 Å². The van der Waals surface area contributed by atoms with Crippen LogP contribution in [0.3, 0.4) is 0 Å². The summed E-state index contributed by atoms with van der Waals surface area (Å²) in [7, 11) is 0. The molecule has 98 valence electrons. The highest BCUT2D eigenvalue weighted by molar-refractivity contribution is 5.88. The van der Waals surface area contributed by atoms with E-state index in [9.17, 15) is 18.0 Å². The summed E-state index contributed by atoms with van der Waals surface area (Å²) in [5, 5.41) is 8.71. The first-order chi connectivity index (χ1) is 8.39. The smallest absolute Gasteiger partial charge is 0.434 e. The molecule has 0 aliphatic heterocycles. The number of alkyl halides is 3. The summed E-state index contributed by atoms with van der Waals surface area (Å²) in [5.74, 6) is -1.65. The zero-order valence-corrected chi connectivity index (χ0v) is 9.37. The van der Waals surface area contributed by atoms with Gasteiger partial charge in [-0.2, -0.15) is 13.2 Å². The van der Waals surface area contributed by atoms with Crippen LogP contribution in [-0.4, -0.2) is 21.0 Å². The molecule has 1 fully saturated rings. The second-order valence-electron chi connectivity index (χ2n) is 4.27. The van der Waals surface area contributed by atoms with Gasteiger partial charge < -0.3 is 5.11 Å². The van der Waals surface area contributed by atoms with E-state index in [-0.39, 0.29) is 11.7 Å². The van der Waals surface area contributed by atoms with Crippen molar-refractivity contribution in [1.29, 1.82) is 0 Å². The van der Waals surface area contributed by atoms with Crippen molar-refractivity contribution in [2.75, 3.05) is 0 Å². The largest absolute Gasteiger partial charge is 0.478 e. The SMILES string of the molecule is O=C(O)c1cnc(C2CCCC2)nc1C(F)(F)F. The van der Waals surface area contributed by atoms with Gasteiger partial charge in [0, 0.05) is 12.1 Å². The Morgan fingerprint density at radius 3 is 2.44 bits per heavy atom. The summed E-state index contributed by atoms with van der Waals surface area (Å²) in [6.45, 7) is 0. The lowest BCUT2D eigenvalue weighted by Crippen LogP contribution is -2.18. The van der Waals surface area contributed by atoms with Gasteiger partial charge in [0.25, 0.3) is 0 Å². The number of nitrogens with zero attached hydrogens (tertiary/aromatic N) is 2. The molecule has 0 unspecified atom stereocenters. The van der Waals surface area contributed by atoms with Gasteiger partial charge in [-0.25, -0.2) is 14.8 Å². The van der Waals surface area contributed by atoms with E-state index in [1.54, 1.807) is 0 Å². The molecule has 0 aromatic carbocycles. The number of halogens is 3. The molecule has 1 saturated carbocycles. The highest BCUT2D eigenvalue weighted by Gasteiger charge is 2.38. The van der Waals surface area contributed by atoms with Crippen LogP contribution in [0.4, 0.5) is 13.2 Å². The van der Waals surface area contributed by atoms with Gasteiger partial charge in [0.15, 0.2) is 5.69 Å². The van der Waals surface area contributed by atoms with Crippen molar-refractivity contribution in [3.05, 3.63) is 23.3 Å². The van der Waals surface area contributed by atoms with Crippen LogP contribution in [0.15, 0.2) is 6.20 Å². The molecule has 1 aliphatic rings. The van der Waals surface area contributed by atoms with Crippen molar-refractivity contribution >= 4 is 5.97 Å². The van der Waals surface area contributed by atoms with Crippen LogP contribution in [0.5, 0.6) is 0 Å². The van der Waals surface area contributed by atoms with Crippen LogP contribution >= 0.6 is 0 Å². The van der Waals surface area contributed by atoms with Crippen molar-refractivity contribution < 1.29 is 23.1 Å². The predicted octanol–water partition coefficient (Wildman–Crippen LogP) is 2.85. The lowest BCUT2D eigenvalue weighted by molar-refractivity contribution is -0.141. The number of aromatic nitrogens is 2. The molecule has 1 aromatic heterocycles. The average Bonchev–Trinajstić information content (AvgIpc) is 2.80. The minimum absolute atomic E-state index is 0.0889. The molecular formula is C11H11F3N2O2. The highest BCUT2D eigenvalue weighted by atomic mass is 19.4. The number of rotatable bonds is 2. The first-order valence-electron chi connectivity index (χ1n) is 5.57. The Balaban J connectivity index is 2.45. The first kappa shape index (κ1) is 12.8. The topological polar surface area (TPSA) is 63.1 Å². The predicted molar refractivity (Wildman–Crippen MR) is 55.2 cm³/mol. The molecule has 1 aromatic rings. The molecule has 2 rings (SSSR count). The number of carboxylic acid groups (broad SMARTS) is 1. The fraction of sp³-hybridized carbons (Fsp3) is 0.545. The van der Waals surface area contributed by atoms with E-state index >= 15 is 0 Å². The third-order valence-corrected chi connectivity index (χ3v) is 3.03. The average molecular weight is 260 g/mol. The zero-order valence-electron chi connectivity index (χ0n) is 9.37. The molecule has 1 heterocycles. The first-order valence-corrected chi connectivity index (χ1v) is 5.57.